The summed E-state index contributed by atoms with van der Waals surface area (Å²) >= 11 is 6.23. The van der Waals surface area contributed by atoms with Crippen LogP contribution >= 0.6 is 11.6 Å². The van der Waals surface area contributed by atoms with Crippen molar-refractivity contribution in [1.82, 2.24) is 15.0 Å². The SMILES string of the molecule is Cc1cccc(-c2noc(CCN(Cc3ccco3)C(=O)c3ccccc3Cl)n2)c1. The highest BCUT2D eigenvalue weighted by molar-refractivity contribution is 6.33. The number of rotatable bonds is 7. The first-order valence-corrected chi connectivity index (χ1v) is 9.94. The van der Waals surface area contributed by atoms with Crippen molar-refractivity contribution >= 4 is 17.5 Å². The van der Waals surface area contributed by atoms with Gasteiger partial charge in [0.2, 0.25) is 11.7 Å². The average molecular weight is 422 g/mol. The number of amides is 1. The molecule has 0 aliphatic heterocycles. The number of carbonyl (C=O) groups excluding carboxylic acids is 1. The fourth-order valence-corrected chi connectivity index (χ4v) is 3.35. The Morgan fingerprint density at radius 3 is 2.73 bits per heavy atom. The van der Waals surface area contributed by atoms with Crippen molar-refractivity contribution in [2.45, 2.75) is 19.9 Å². The van der Waals surface area contributed by atoms with E-state index in [1.54, 1.807) is 41.5 Å². The molecule has 0 aliphatic rings. The van der Waals surface area contributed by atoms with E-state index in [4.69, 9.17) is 20.5 Å². The number of halogens is 1. The largest absolute Gasteiger partial charge is 0.467 e. The molecule has 0 saturated carbocycles. The van der Waals surface area contributed by atoms with Crippen LogP contribution in [0.2, 0.25) is 5.02 Å². The molecule has 0 unspecified atom stereocenters. The summed E-state index contributed by atoms with van der Waals surface area (Å²) in [6.07, 6.45) is 2.00. The molecule has 4 aromatic rings. The van der Waals surface area contributed by atoms with Crippen LogP contribution in [-0.4, -0.2) is 27.5 Å². The first-order valence-electron chi connectivity index (χ1n) is 9.56. The van der Waals surface area contributed by atoms with Gasteiger partial charge in [-0.15, -0.1) is 0 Å². The van der Waals surface area contributed by atoms with E-state index < -0.39 is 0 Å². The number of furan rings is 1. The Morgan fingerprint density at radius 2 is 1.97 bits per heavy atom. The van der Waals surface area contributed by atoms with E-state index in [9.17, 15) is 4.79 Å². The van der Waals surface area contributed by atoms with E-state index in [0.29, 0.717) is 47.6 Å². The molecule has 2 aromatic carbocycles. The van der Waals surface area contributed by atoms with Gasteiger partial charge in [-0.2, -0.15) is 4.98 Å². The Labute approximate surface area is 179 Å². The Balaban J connectivity index is 1.51. The fourth-order valence-electron chi connectivity index (χ4n) is 3.14. The van der Waals surface area contributed by atoms with Crippen LogP contribution in [0.4, 0.5) is 0 Å². The van der Waals surface area contributed by atoms with Crippen molar-refractivity contribution in [2.75, 3.05) is 6.54 Å². The number of hydrogen-bond acceptors (Lipinski definition) is 5. The molecule has 0 radical (unpaired) electrons. The zero-order valence-corrected chi connectivity index (χ0v) is 17.2. The average Bonchev–Trinajstić information content (AvgIpc) is 3.43. The molecule has 0 aliphatic carbocycles. The molecule has 2 aromatic heterocycles. The first-order chi connectivity index (χ1) is 14.6. The normalized spacial score (nSPS) is 10.9. The van der Waals surface area contributed by atoms with Gasteiger partial charge < -0.3 is 13.8 Å². The highest BCUT2D eigenvalue weighted by Crippen LogP contribution is 2.20. The molecule has 2 heterocycles. The lowest BCUT2D eigenvalue weighted by molar-refractivity contribution is 0.0730. The molecule has 0 spiro atoms. The van der Waals surface area contributed by atoms with Gasteiger partial charge in [-0.25, -0.2) is 0 Å². The molecule has 0 fully saturated rings. The zero-order valence-electron chi connectivity index (χ0n) is 16.4. The van der Waals surface area contributed by atoms with Gasteiger partial charge in [-0.05, 0) is 37.3 Å². The quantitative estimate of drug-likeness (QED) is 0.411. The van der Waals surface area contributed by atoms with E-state index in [-0.39, 0.29) is 5.91 Å². The van der Waals surface area contributed by atoms with E-state index in [1.807, 2.05) is 37.3 Å². The minimum absolute atomic E-state index is 0.185. The number of carbonyl (C=O) groups is 1. The predicted molar refractivity (Wildman–Crippen MR) is 113 cm³/mol. The highest BCUT2D eigenvalue weighted by atomic mass is 35.5. The Morgan fingerprint density at radius 1 is 1.10 bits per heavy atom. The standard InChI is InChI=1S/C23H20ClN3O3/c1-16-6-4-7-17(14-16)22-25-21(30-26-22)11-12-27(15-18-8-5-13-29-18)23(28)19-9-2-3-10-20(19)24/h2-10,13-14H,11-12,15H2,1H3. The number of nitrogens with zero attached hydrogens (tertiary/aromatic N) is 3. The first kappa shape index (κ1) is 19.9. The van der Waals surface area contributed by atoms with Crippen LogP contribution in [0.1, 0.15) is 27.6 Å². The highest BCUT2D eigenvalue weighted by Gasteiger charge is 2.21. The summed E-state index contributed by atoms with van der Waals surface area (Å²) < 4.78 is 10.8. The van der Waals surface area contributed by atoms with E-state index in [2.05, 4.69) is 10.1 Å². The monoisotopic (exact) mass is 421 g/mol. The maximum Gasteiger partial charge on any atom is 0.255 e. The minimum Gasteiger partial charge on any atom is -0.467 e. The van der Waals surface area contributed by atoms with Gasteiger partial charge in [-0.3, -0.25) is 4.79 Å². The van der Waals surface area contributed by atoms with Gasteiger partial charge in [-0.1, -0.05) is 52.7 Å². The van der Waals surface area contributed by atoms with Crippen molar-refractivity contribution in [3.05, 3.63) is 94.7 Å². The number of hydrogen-bond donors (Lipinski definition) is 0. The summed E-state index contributed by atoms with van der Waals surface area (Å²) in [5, 5.41) is 4.48. The number of benzene rings is 2. The molecular formula is C23H20ClN3O3. The molecule has 1 amide bonds. The lowest BCUT2D eigenvalue weighted by atomic mass is 10.1. The summed E-state index contributed by atoms with van der Waals surface area (Å²) in [5.41, 5.74) is 2.45. The van der Waals surface area contributed by atoms with Crippen molar-refractivity contribution in [1.29, 1.82) is 0 Å². The molecular weight excluding hydrogens is 402 g/mol. The van der Waals surface area contributed by atoms with Gasteiger partial charge in [0.15, 0.2) is 0 Å². The number of aryl methyl sites for hydroxylation is 1. The molecule has 0 N–H and O–H groups in total. The third-order valence-electron chi connectivity index (χ3n) is 4.66. The van der Waals surface area contributed by atoms with Crippen LogP contribution in [0.15, 0.2) is 75.9 Å². The zero-order chi connectivity index (χ0) is 20.9. The number of aromatic nitrogens is 2. The van der Waals surface area contributed by atoms with Crippen LogP contribution in [0.25, 0.3) is 11.4 Å². The Hall–Kier alpha value is -3.38. The molecule has 0 bridgehead atoms. The van der Waals surface area contributed by atoms with Crippen molar-refractivity contribution in [3.8, 4) is 11.4 Å². The van der Waals surface area contributed by atoms with Crippen LogP contribution < -0.4 is 0 Å². The lowest BCUT2D eigenvalue weighted by Crippen LogP contribution is -2.32. The lowest BCUT2D eigenvalue weighted by Gasteiger charge is -2.21. The fraction of sp³-hybridized carbons (Fsp3) is 0.174. The molecule has 0 atom stereocenters. The van der Waals surface area contributed by atoms with Crippen LogP contribution in [-0.2, 0) is 13.0 Å². The smallest absolute Gasteiger partial charge is 0.255 e. The summed E-state index contributed by atoms with van der Waals surface area (Å²) in [6.45, 7) is 2.70. The van der Waals surface area contributed by atoms with Gasteiger partial charge in [0, 0.05) is 18.5 Å². The minimum atomic E-state index is -0.185. The van der Waals surface area contributed by atoms with E-state index >= 15 is 0 Å². The molecule has 152 valence electrons. The summed E-state index contributed by atoms with van der Waals surface area (Å²) in [4.78, 5) is 19.2. The maximum atomic E-state index is 13.1. The summed E-state index contributed by atoms with van der Waals surface area (Å²) in [6, 6.07) is 18.5. The summed E-state index contributed by atoms with van der Waals surface area (Å²) in [5.74, 6) is 1.49. The van der Waals surface area contributed by atoms with Crippen molar-refractivity contribution in [2.24, 2.45) is 0 Å². The molecule has 7 heteroatoms. The second-order valence-electron chi connectivity index (χ2n) is 6.92. The van der Waals surface area contributed by atoms with Crippen LogP contribution in [0.3, 0.4) is 0 Å². The van der Waals surface area contributed by atoms with Crippen LogP contribution in [0, 0.1) is 6.92 Å². The maximum absolute atomic E-state index is 13.1. The third-order valence-corrected chi connectivity index (χ3v) is 4.99. The van der Waals surface area contributed by atoms with E-state index in [0.717, 1.165) is 11.1 Å². The Kier molecular flexibility index (Phi) is 5.95. The van der Waals surface area contributed by atoms with Crippen molar-refractivity contribution in [3.63, 3.8) is 0 Å². The molecule has 6 nitrogen and oxygen atoms in total. The predicted octanol–water partition coefficient (Wildman–Crippen LogP) is 5.18. The van der Waals surface area contributed by atoms with Gasteiger partial charge in [0.05, 0.1) is 23.4 Å². The Bertz CT molecular complexity index is 1140. The second kappa shape index (κ2) is 8.97. The topological polar surface area (TPSA) is 72.4 Å². The van der Waals surface area contributed by atoms with Gasteiger partial charge in [0.25, 0.3) is 5.91 Å². The van der Waals surface area contributed by atoms with Crippen LogP contribution in [0.5, 0.6) is 0 Å². The second-order valence-corrected chi connectivity index (χ2v) is 7.32. The summed E-state index contributed by atoms with van der Waals surface area (Å²) in [7, 11) is 0. The third kappa shape index (κ3) is 4.60. The van der Waals surface area contributed by atoms with E-state index in [1.165, 1.54) is 0 Å². The van der Waals surface area contributed by atoms with Gasteiger partial charge >= 0.3 is 0 Å². The molecule has 4 rings (SSSR count). The molecule has 0 saturated heterocycles. The van der Waals surface area contributed by atoms with Crippen molar-refractivity contribution < 1.29 is 13.7 Å². The molecule has 30 heavy (non-hydrogen) atoms. The van der Waals surface area contributed by atoms with Gasteiger partial charge in [0.1, 0.15) is 5.76 Å².